The van der Waals surface area contributed by atoms with Gasteiger partial charge in [-0.1, -0.05) is 11.6 Å². The van der Waals surface area contributed by atoms with Crippen molar-refractivity contribution >= 4 is 17.3 Å². The van der Waals surface area contributed by atoms with Crippen molar-refractivity contribution in [2.45, 2.75) is 37.8 Å². The lowest BCUT2D eigenvalue weighted by Crippen LogP contribution is -2.40. The molecule has 0 N–H and O–H groups in total. The first kappa shape index (κ1) is 15.2. The molecule has 1 fully saturated rings. The van der Waals surface area contributed by atoms with E-state index in [1.54, 1.807) is 6.07 Å². The third-order valence-corrected chi connectivity index (χ3v) is 4.74. The number of nitrogens with zero attached hydrogens (tertiary/aromatic N) is 3. The van der Waals surface area contributed by atoms with E-state index in [0.717, 1.165) is 5.69 Å². The normalized spacial score (nSPS) is 22.6. The minimum atomic E-state index is 0.541. The zero-order valence-electron chi connectivity index (χ0n) is 12.4. The molecule has 2 rings (SSSR count). The molecule has 0 saturated heterocycles. The predicted molar refractivity (Wildman–Crippen MR) is 84.3 cm³/mol. The average Bonchev–Trinajstić information content (AvgIpc) is 2.46. The Bertz CT molecular complexity index is 499. The summed E-state index contributed by atoms with van der Waals surface area (Å²) < 4.78 is 0. The highest BCUT2D eigenvalue weighted by Gasteiger charge is 2.25. The first-order valence-corrected chi connectivity index (χ1v) is 7.49. The lowest BCUT2D eigenvalue weighted by atomic mass is 9.89. The van der Waals surface area contributed by atoms with Gasteiger partial charge in [0.05, 0.1) is 10.6 Å². The molecule has 1 aliphatic rings. The van der Waals surface area contributed by atoms with Crippen molar-refractivity contribution in [3.63, 3.8) is 0 Å². The molecule has 20 heavy (non-hydrogen) atoms. The summed E-state index contributed by atoms with van der Waals surface area (Å²) in [6, 6.07) is 9.08. The zero-order valence-corrected chi connectivity index (χ0v) is 13.2. The van der Waals surface area contributed by atoms with Crippen LogP contribution in [-0.4, -0.2) is 38.1 Å². The van der Waals surface area contributed by atoms with E-state index >= 15 is 0 Å². The van der Waals surface area contributed by atoms with Crippen LogP contribution in [0, 0.1) is 11.3 Å². The monoisotopic (exact) mass is 291 g/mol. The second-order valence-corrected chi connectivity index (χ2v) is 6.22. The molecule has 1 aliphatic carbocycles. The minimum absolute atomic E-state index is 0.541. The first-order chi connectivity index (χ1) is 9.52. The Labute approximate surface area is 126 Å². The van der Waals surface area contributed by atoms with E-state index < -0.39 is 0 Å². The van der Waals surface area contributed by atoms with Crippen molar-refractivity contribution < 1.29 is 0 Å². The summed E-state index contributed by atoms with van der Waals surface area (Å²) in [6.07, 6.45) is 4.89. The van der Waals surface area contributed by atoms with Gasteiger partial charge in [-0.25, -0.2) is 0 Å². The summed E-state index contributed by atoms with van der Waals surface area (Å²) in [5.41, 5.74) is 1.64. The van der Waals surface area contributed by atoms with Crippen LogP contribution in [0.1, 0.15) is 31.2 Å². The highest BCUT2D eigenvalue weighted by Crippen LogP contribution is 2.30. The summed E-state index contributed by atoms with van der Waals surface area (Å²) in [7, 11) is 6.45. The standard InChI is InChI=1S/C16H22ClN3/c1-19(2)13-6-8-14(9-7-13)20(3)15-5-4-12(11-18)16(17)10-15/h4-5,10,13-14H,6-9H2,1-3H3/t13-,14-. The van der Waals surface area contributed by atoms with Gasteiger partial charge in [-0.3, -0.25) is 0 Å². The number of hydrogen-bond acceptors (Lipinski definition) is 3. The Kier molecular flexibility index (Phi) is 4.91. The van der Waals surface area contributed by atoms with Crippen molar-refractivity contribution in [3.05, 3.63) is 28.8 Å². The quantitative estimate of drug-likeness (QED) is 0.853. The molecule has 1 aromatic rings. The smallest absolute Gasteiger partial charge is 0.101 e. The number of anilines is 1. The SMILES string of the molecule is CN(C)[C@H]1CC[C@H](N(C)c2ccc(C#N)c(Cl)c2)CC1. The molecule has 0 unspecified atom stereocenters. The third kappa shape index (κ3) is 3.26. The van der Waals surface area contributed by atoms with Crippen molar-refractivity contribution in [1.82, 2.24) is 4.90 Å². The van der Waals surface area contributed by atoms with Crippen LogP contribution >= 0.6 is 11.6 Å². The van der Waals surface area contributed by atoms with E-state index in [1.165, 1.54) is 25.7 Å². The maximum absolute atomic E-state index is 8.93. The Morgan fingerprint density at radius 3 is 2.20 bits per heavy atom. The molecule has 0 heterocycles. The average molecular weight is 292 g/mol. The molecule has 0 atom stereocenters. The molecule has 0 amide bonds. The van der Waals surface area contributed by atoms with Crippen molar-refractivity contribution in [1.29, 1.82) is 5.26 Å². The maximum Gasteiger partial charge on any atom is 0.101 e. The van der Waals surface area contributed by atoms with E-state index in [9.17, 15) is 0 Å². The zero-order chi connectivity index (χ0) is 14.7. The summed E-state index contributed by atoms with van der Waals surface area (Å²) in [4.78, 5) is 4.63. The highest BCUT2D eigenvalue weighted by molar-refractivity contribution is 6.32. The summed E-state index contributed by atoms with van der Waals surface area (Å²) in [5, 5.41) is 9.47. The first-order valence-electron chi connectivity index (χ1n) is 7.12. The molecule has 0 spiro atoms. The fourth-order valence-electron chi connectivity index (χ4n) is 2.99. The van der Waals surface area contributed by atoms with Gasteiger partial charge in [0, 0.05) is 24.8 Å². The summed E-state index contributed by atoms with van der Waals surface area (Å²) in [5.74, 6) is 0. The number of benzene rings is 1. The van der Waals surface area contributed by atoms with Gasteiger partial charge in [0.15, 0.2) is 0 Å². The Hall–Kier alpha value is -1.24. The molecule has 108 valence electrons. The van der Waals surface area contributed by atoms with Crippen LogP contribution in [0.15, 0.2) is 18.2 Å². The van der Waals surface area contributed by atoms with Gasteiger partial charge >= 0.3 is 0 Å². The number of nitriles is 1. The van der Waals surface area contributed by atoms with Crippen molar-refractivity contribution in [2.24, 2.45) is 0 Å². The molecule has 0 aromatic heterocycles. The molecular weight excluding hydrogens is 270 g/mol. The maximum atomic E-state index is 8.93. The lowest BCUT2D eigenvalue weighted by Gasteiger charge is -2.38. The number of halogens is 1. The Morgan fingerprint density at radius 2 is 1.70 bits per heavy atom. The van der Waals surface area contributed by atoms with Crippen LogP contribution in [0.2, 0.25) is 5.02 Å². The van der Waals surface area contributed by atoms with Crippen LogP contribution in [0.25, 0.3) is 0 Å². The highest BCUT2D eigenvalue weighted by atomic mass is 35.5. The third-order valence-electron chi connectivity index (χ3n) is 4.42. The number of rotatable bonds is 3. The van der Waals surface area contributed by atoms with E-state index in [2.05, 4.69) is 37.0 Å². The molecular formula is C16H22ClN3. The topological polar surface area (TPSA) is 30.3 Å². The molecule has 0 aliphatic heterocycles. The van der Waals surface area contributed by atoms with E-state index in [4.69, 9.17) is 16.9 Å². The molecule has 4 heteroatoms. The van der Waals surface area contributed by atoms with Crippen LogP contribution < -0.4 is 4.90 Å². The summed E-state index contributed by atoms with van der Waals surface area (Å²) in [6.45, 7) is 0. The second-order valence-electron chi connectivity index (χ2n) is 5.81. The van der Waals surface area contributed by atoms with E-state index in [0.29, 0.717) is 22.7 Å². The Balaban J connectivity index is 2.04. The summed E-state index contributed by atoms with van der Waals surface area (Å²) >= 11 is 6.12. The van der Waals surface area contributed by atoms with Gasteiger partial charge in [-0.2, -0.15) is 5.26 Å². The van der Waals surface area contributed by atoms with Crippen LogP contribution in [0.3, 0.4) is 0 Å². The van der Waals surface area contributed by atoms with Crippen molar-refractivity contribution in [2.75, 3.05) is 26.0 Å². The molecule has 1 aromatic carbocycles. The molecule has 1 saturated carbocycles. The second kappa shape index (κ2) is 6.47. The van der Waals surface area contributed by atoms with E-state index in [1.807, 2.05) is 12.1 Å². The largest absolute Gasteiger partial charge is 0.372 e. The fourth-order valence-corrected chi connectivity index (χ4v) is 3.20. The van der Waals surface area contributed by atoms with Gasteiger partial charge in [0.1, 0.15) is 6.07 Å². The van der Waals surface area contributed by atoms with E-state index in [-0.39, 0.29) is 0 Å². The van der Waals surface area contributed by atoms with Crippen LogP contribution in [0.5, 0.6) is 0 Å². The number of hydrogen-bond donors (Lipinski definition) is 0. The van der Waals surface area contributed by atoms with Gasteiger partial charge in [-0.05, 0) is 58.0 Å². The van der Waals surface area contributed by atoms with Gasteiger partial charge < -0.3 is 9.80 Å². The van der Waals surface area contributed by atoms with Crippen molar-refractivity contribution in [3.8, 4) is 6.07 Å². The lowest BCUT2D eigenvalue weighted by molar-refractivity contribution is 0.215. The predicted octanol–water partition coefficient (Wildman–Crippen LogP) is 3.52. The van der Waals surface area contributed by atoms with Gasteiger partial charge in [0.25, 0.3) is 0 Å². The molecule has 0 radical (unpaired) electrons. The minimum Gasteiger partial charge on any atom is -0.372 e. The Morgan fingerprint density at radius 1 is 1.10 bits per heavy atom. The van der Waals surface area contributed by atoms with Gasteiger partial charge in [0.2, 0.25) is 0 Å². The van der Waals surface area contributed by atoms with Gasteiger partial charge in [-0.15, -0.1) is 0 Å². The van der Waals surface area contributed by atoms with Crippen LogP contribution in [-0.2, 0) is 0 Å². The van der Waals surface area contributed by atoms with Crippen LogP contribution in [0.4, 0.5) is 5.69 Å². The molecule has 3 nitrogen and oxygen atoms in total. The molecule has 0 bridgehead atoms. The fraction of sp³-hybridized carbons (Fsp3) is 0.562.